The summed E-state index contributed by atoms with van der Waals surface area (Å²) in [4.78, 5) is 15.4. The summed E-state index contributed by atoms with van der Waals surface area (Å²) >= 11 is 0. The van der Waals surface area contributed by atoms with Gasteiger partial charge in [0.25, 0.3) is 0 Å². The molecule has 1 aliphatic carbocycles. The van der Waals surface area contributed by atoms with E-state index < -0.39 is 5.97 Å². The summed E-state index contributed by atoms with van der Waals surface area (Å²) in [5, 5.41) is 9.03. The Morgan fingerprint density at radius 2 is 2.15 bits per heavy atom. The van der Waals surface area contributed by atoms with Crippen molar-refractivity contribution in [1.82, 2.24) is 4.98 Å². The number of carbonyl (C=O) groups is 1. The van der Waals surface area contributed by atoms with Gasteiger partial charge in [-0.15, -0.1) is 0 Å². The lowest BCUT2D eigenvalue weighted by atomic mass is 9.91. The molecule has 0 amide bonds. The van der Waals surface area contributed by atoms with Crippen LogP contribution in [0.25, 0.3) is 0 Å². The first-order chi connectivity index (χ1) is 9.61. The number of hydrogen-bond acceptors (Lipinski definition) is 3. The van der Waals surface area contributed by atoms with Crippen LogP contribution in [0.1, 0.15) is 29.3 Å². The highest BCUT2D eigenvalue weighted by molar-refractivity contribution is 5.70. The first kappa shape index (κ1) is 12.8. The summed E-state index contributed by atoms with van der Waals surface area (Å²) in [5.41, 5.74) is 1.78. The zero-order chi connectivity index (χ0) is 14.1. The number of carboxylic acid groups (broad SMARTS) is 1. The van der Waals surface area contributed by atoms with Crippen LogP contribution in [-0.2, 0) is 24.1 Å². The fraction of sp³-hybridized carbons (Fsp3) is 0.333. The van der Waals surface area contributed by atoms with Crippen molar-refractivity contribution in [1.29, 1.82) is 0 Å². The lowest BCUT2D eigenvalue weighted by molar-refractivity contribution is -0.142. The van der Waals surface area contributed by atoms with Gasteiger partial charge in [-0.3, -0.25) is 4.79 Å². The number of halogens is 1. The number of carboxylic acids is 1. The van der Waals surface area contributed by atoms with Crippen LogP contribution >= 0.6 is 0 Å². The third-order valence-corrected chi connectivity index (χ3v) is 3.60. The maximum atomic E-state index is 12.8. The standard InChI is InChI=1S/C15H14FNO3/c16-11-4-1-9(2-5-11)7-14-17-12-6-3-10(15(18)19)8-13(12)20-14/h1-2,4-5,10H,3,6-8H2,(H,18,19). The number of nitrogens with zero attached hydrogens (tertiary/aromatic N) is 1. The van der Waals surface area contributed by atoms with Gasteiger partial charge in [-0.25, -0.2) is 9.37 Å². The van der Waals surface area contributed by atoms with Gasteiger partial charge in [0.15, 0.2) is 5.89 Å². The first-order valence-corrected chi connectivity index (χ1v) is 6.56. The molecule has 5 heteroatoms. The molecule has 1 heterocycles. The lowest BCUT2D eigenvalue weighted by Crippen LogP contribution is -2.21. The zero-order valence-corrected chi connectivity index (χ0v) is 10.8. The lowest BCUT2D eigenvalue weighted by Gasteiger charge is -2.15. The van der Waals surface area contributed by atoms with Crippen LogP contribution in [0.2, 0.25) is 0 Å². The Hall–Kier alpha value is -2.17. The van der Waals surface area contributed by atoms with Gasteiger partial charge in [-0.2, -0.15) is 0 Å². The molecular formula is C15H14FNO3. The van der Waals surface area contributed by atoms with E-state index in [1.165, 1.54) is 12.1 Å². The van der Waals surface area contributed by atoms with Crippen molar-refractivity contribution in [3.8, 4) is 0 Å². The monoisotopic (exact) mass is 275 g/mol. The van der Waals surface area contributed by atoms with Crippen molar-refractivity contribution < 1.29 is 18.7 Å². The van der Waals surface area contributed by atoms with Crippen molar-refractivity contribution in [2.45, 2.75) is 25.7 Å². The predicted octanol–water partition coefficient (Wildman–Crippen LogP) is 2.59. The van der Waals surface area contributed by atoms with Crippen LogP contribution in [-0.4, -0.2) is 16.1 Å². The van der Waals surface area contributed by atoms with Gasteiger partial charge in [0.05, 0.1) is 11.6 Å². The molecule has 3 rings (SSSR count). The van der Waals surface area contributed by atoms with E-state index in [1.807, 2.05) is 0 Å². The topological polar surface area (TPSA) is 63.3 Å². The molecule has 0 radical (unpaired) electrons. The Morgan fingerprint density at radius 1 is 1.40 bits per heavy atom. The van der Waals surface area contributed by atoms with E-state index in [1.54, 1.807) is 12.1 Å². The largest absolute Gasteiger partial charge is 0.481 e. The van der Waals surface area contributed by atoms with Crippen molar-refractivity contribution in [3.05, 3.63) is 53.0 Å². The Morgan fingerprint density at radius 3 is 2.85 bits per heavy atom. The van der Waals surface area contributed by atoms with Gasteiger partial charge in [-0.05, 0) is 30.5 Å². The molecule has 1 aliphatic rings. The molecule has 1 aromatic heterocycles. The average Bonchev–Trinajstić information content (AvgIpc) is 2.82. The average molecular weight is 275 g/mol. The zero-order valence-electron chi connectivity index (χ0n) is 10.8. The number of rotatable bonds is 3. The van der Waals surface area contributed by atoms with E-state index in [0.717, 1.165) is 11.3 Å². The third kappa shape index (κ3) is 2.57. The summed E-state index contributed by atoms with van der Waals surface area (Å²) in [5.74, 6) is -0.195. The molecule has 0 saturated heterocycles. The van der Waals surface area contributed by atoms with Gasteiger partial charge in [0, 0.05) is 12.8 Å². The molecule has 1 N–H and O–H groups in total. The number of fused-ring (bicyclic) bond motifs is 1. The molecule has 4 nitrogen and oxygen atoms in total. The van der Waals surface area contributed by atoms with Crippen molar-refractivity contribution in [2.24, 2.45) is 5.92 Å². The molecule has 0 saturated carbocycles. The SMILES string of the molecule is O=C(O)C1CCc2nc(Cc3ccc(F)cc3)oc2C1. The number of hydrogen-bond donors (Lipinski definition) is 1. The van der Waals surface area contributed by atoms with Gasteiger partial charge in [-0.1, -0.05) is 12.1 Å². The van der Waals surface area contributed by atoms with E-state index in [-0.39, 0.29) is 11.7 Å². The van der Waals surface area contributed by atoms with Crippen LogP contribution in [0.4, 0.5) is 4.39 Å². The molecule has 0 aliphatic heterocycles. The second-order valence-corrected chi connectivity index (χ2v) is 5.06. The van der Waals surface area contributed by atoms with Crippen molar-refractivity contribution in [3.63, 3.8) is 0 Å². The van der Waals surface area contributed by atoms with E-state index in [0.29, 0.717) is 37.3 Å². The van der Waals surface area contributed by atoms with Crippen molar-refractivity contribution in [2.75, 3.05) is 0 Å². The summed E-state index contributed by atoms with van der Waals surface area (Å²) < 4.78 is 18.5. The van der Waals surface area contributed by atoms with E-state index >= 15 is 0 Å². The minimum atomic E-state index is -0.785. The number of aliphatic carboxylic acids is 1. The Bertz CT molecular complexity index is 633. The van der Waals surface area contributed by atoms with Crippen LogP contribution in [0, 0.1) is 11.7 Å². The predicted molar refractivity (Wildman–Crippen MR) is 68.9 cm³/mol. The summed E-state index contributed by atoms with van der Waals surface area (Å²) in [7, 11) is 0. The van der Waals surface area contributed by atoms with Crippen LogP contribution in [0.5, 0.6) is 0 Å². The molecular weight excluding hydrogens is 261 g/mol. The molecule has 0 spiro atoms. The summed E-state index contributed by atoms with van der Waals surface area (Å²) in [6, 6.07) is 6.19. The second-order valence-electron chi connectivity index (χ2n) is 5.06. The van der Waals surface area contributed by atoms with Gasteiger partial charge in [0.1, 0.15) is 11.6 Å². The molecule has 104 valence electrons. The Balaban J connectivity index is 1.77. The molecule has 20 heavy (non-hydrogen) atoms. The molecule has 1 unspecified atom stereocenters. The van der Waals surface area contributed by atoms with Crippen molar-refractivity contribution >= 4 is 5.97 Å². The van der Waals surface area contributed by atoms with E-state index in [4.69, 9.17) is 9.52 Å². The number of aromatic nitrogens is 1. The molecule has 0 bridgehead atoms. The van der Waals surface area contributed by atoms with Crippen LogP contribution < -0.4 is 0 Å². The summed E-state index contributed by atoms with van der Waals surface area (Å²) in [6.45, 7) is 0. The molecule has 1 atom stereocenters. The third-order valence-electron chi connectivity index (χ3n) is 3.60. The highest BCUT2D eigenvalue weighted by Gasteiger charge is 2.28. The minimum Gasteiger partial charge on any atom is -0.481 e. The highest BCUT2D eigenvalue weighted by atomic mass is 19.1. The fourth-order valence-electron chi connectivity index (χ4n) is 2.49. The van der Waals surface area contributed by atoms with Gasteiger partial charge < -0.3 is 9.52 Å². The van der Waals surface area contributed by atoms with E-state index in [2.05, 4.69) is 4.98 Å². The normalized spacial score (nSPS) is 17.8. The quantitative estimate of drug-likeness (QED) is 0.935. The smallest absolute Gasteiger partial charge is 0.306 e. The fourth-order valence-corrected chi connectivity index (χ4v) is 2.49. The molecule has 2 aromatic rings. The molecule has 0 fully saturated rings. The number of oxazole rings is 1. The minimum absolute atomic E-state index is 0.273. The first-order valence-electron chi connectivity index (χ1n) is 6.56. The van der Waals surface area contributed by atoms with Gasteiger partial charge in [0.2, 0.25) is 0 Å². The number of benzene rings is 1. The maximum Gasteiger partial charge on any atom is 0.306 e. The maximum absolute atomic E-state index is 12.8. The van der Waals surface area contributed by atoms with Crippen LogP contribution in [0.3, 0.4) is 0 Å². The van der Waals surface area contributed by atoms with Crippen LogP contribution in [0.15, 0.2) is 28.7 Å². The van der Waals surface area contributed by atoms with Gasteiger partial charge >= 0.3 is 5.97 Å². The Labute approximate surface area is 115 Å². The van der Waals surface area contributed by atoms with E-state index in [9.17, 15) is 9.18 Å². The number of aryl methyl sites for hydroxylation is 1. The Kier molecular flexibility index (Phi) is 3.26. The summed E-state index contributed by atoms with van der Waals surface area (Å²) in [6.07, 6.45) is 2.14. The molecule has 1 aromatic carbocycles. The second kappa shape index (κ2) is 5.07. The highest BCUT2D eigenvalue weighted by Crippen LogP contribution is 2.27.